The van der Waals surface area contributed by atoms with E-state index in [-0.39, 0.29) is 0 Å². The van der Waals surface area contributed by atoms with Crippen LogP contribution >= 0.6 is 35.1 Å². The maximum Gasteiger partial charge on any atom is 0.0339 e. The molecule has 0 aliphatic carbocycles. The first-order valence-electron chi connectivity index (χ1n) is 3.56. The van der Waals surface area contributed by atoms with E-state index in [1.54, 1.807) is 0 Å². The molecule has 10 heavy (non-hydrogen) atoms. The van der Waals surface area contributed by atoms with E-state index in [1.165, 1.54) is 17.3 Å². The summed E-state index contributed by atoms with van der Waals surface area (Å²) in [5.41, 5.74) is 0. The minimum absolute atomic E-state index is 0.624. The summed E-state index contributed by atoms with van der Waals surface area (Å²) in [5.74, 6) is 4.52. The Kier molecular flexibility index (Phi) is 8.89. The van der Waals surface area contributed by atoms with Gasteiger partial charge in [0.05, 0.1) is 0 Å². The molecule has 0 fully saturated rings. The van der Waals surface area contributed by atoms with E-state index < -0.39 is 0 Å². The van der Waals surface area contributed by atoms with E-state index in [4.69, 9.17) is 11.6 Å². The van der Waals surface area contributed by atoms with Crippen LogP contribution < -0.4 is 0 Å². The Bertz CT molecular complexity index is 68.6. The number of halogens is 1. The van der Waals surface area contributed by atoms with Gasteiger partial charge < -0.3 is 0 Å². The van der Waals surface area contributed by atoms with Crippen molar-refractivity contribution in [2.24, 2.45) is 0 Å². The fraction of sp³-hybridized carbons (Fsp3) is 1.00. The molecule has 0 aromatic rings. The van der Waals surface area contributed by atoms with Crippen LogP contribution in [-0.2, 0) is 0 Å². The Labute approximate surface area is 77.5 Å². The number of rotatable bonds is 6. The summed E-state index contributed by atoms with van der Waals surface area (Å²) in [6.45, 7) is 4.37. The Morgan fingerprint density at radius 2 is 2.10 bits per heavy atom. The van der Waals surface area contributed by atoms with Gasteiger partial charge in [0.2, 0.25) is 0 Å². The lowest BCUT2D eigenvalue weighted by molar-refractivity contribution is 1.12. The molecule has 0 saturated carbocycles. The zero-order chi connectivity index (χ0) is 7.82. The minimum atomic E-state index is 0.624. The first-order chi connectivity index (χ1) is 4.81. The van der Waals surface area contributed by atoms with E-state index in [1.807, 2.05) is 23.5 Å². The second-order valence-corrected chi connectivity index (χ2v) is 5.28. The highest BCUT2D eigenvalue weighted by Crippen LogP contribution is 2.13. The lowest BCUT2D eigenvalue weighted by Crippen LogP contribution is -1.99. The average Bonchev–Trinajstić information content (AvgIpc) is 1.98. The zero-order valence-corrected chi connectivity index (χ0v) is 8.99. The summed E-state index contributed by atoms with van der Waals surface area (Å²) in [4.78, 5) is 0. The van der Waals surface area contributed by atoms with E-state index in [2.05, 4.69) is 13.8 Å². The van der Waals surface area contributed by atoms with Gasteiger partial charge in [-0.15, -0.1) is 11.6 Å². The first-order valence-corrected chi connectivity index (χ1v) is 6.30. The Hall–Kier alpha value is 0.990. The molecule has 0 spiro atoms. The molecule has 0 aliphatic rings. The van der Waals surface area contributed by atoms with Gasteiger partial charge >= 0.3 is 0 Å². The average molecular weight is 199 g/mol. The van der Waals surface area contributed by atoms with Gasteiger partial charge in [-0.3, -0.25) is 0 Å². The van der Waals surface area contributed by atoms with Crippen molar-refractivity contribution in [2.75, 3.05) is 23.1 Å². The van der Waals surface area contributed by atoms with Crippen molar-refractivity contribution in [2.45, 2.75) is 19.1 Å². The van der Waals surface area contributed by atoms with E-state index in [0.717, 1.165) is 5.88 Å². The molecule has 3 heteroatoms. The molecule has 0 radical (unpaired) electrons. The summed E-state index contributed by atoms with van der Waals surface area (Å²) in [7, 11) is 0. The predicted molar refractivity (Wildman–Crippen MR) is 55.6 cm³/mol. The Balaban J connectivity index is 2.89. The third-order valence-corrected chi connectivity index (χ3v) is 4.03. The third-order valence-electron chi connectivity index (χ3n) is 1.05. The van der Waals surface area contributed by atoms with Crippen LogP contribution in [0.15, 0.2) is 0 Å². The molecular formula is C7H15ClS2. The third kappa shape index (κ3) is 7.10. The maximum absolute atomic E-state index is 5.64. The van der Waals surface area contributed by atoms with Crippen LogP contribution in [-0.4, -0.2) is 28.4 Å². The second kappa shape index (κ2) is 8.09. The van der Waals surface area contributed by atoms with E-state index in [0.29, 0.717) is 5.25 Å². The largest absolute Gasteiger partial charge is 0.161 e. The lowest BCUT2D eigenvalue weighted by Gasteiger charge is -2.05. The van der Waals surface area contributed by atoms with Gasteiger partial charge in [0, 0.05) is 22.6 Å². The summed E-state index contributed by atoms with van der Waals surface area (Å²) in [6, 6.07) is 0. The normalized spacial score (nSPS) is 13.5. The highest BCUT2D eigenvalue weighted by molar-refractivity contribution is 8.03. The molecule has 0 nitrogen and oxygen atoms in total. The van der Waals surface area contributed by atoms with Crippen LogP contribution in [0.2, 0.25) is 0 Å². The lowest BCUT2D eigenvalue weighted by atomic mass is 10.6. The number of hydrogen-bond acceptors (Lipinski definition) is 2. The fourth-order valence-corrected chi connectivity index (χ4v) is 2.40. The van der Waals surface area contributed by atoms with Gasteiger partial charge in [0.15, 0.2) is 0 Å². The predicted octanol–water partition coefficient (Wildman–Crippen LogP) is 3.10. The number of hydrogen-bond donors (Lipinski definition) is 0. The van der Waals surface area contributed by atoms with Crippen molar-refractivity contribution >= 4 is 35.1 Å². The van der Waals surface area contributed by atoms with Crippen LogP contribution in [0.1, 0.15) is 13.8 Å². The van der Waals surface area contributed by atoms with Gasteiger partial charge in [-0.25, -0.2) is 0 Å². The molecule has 1 atom stereocenters. The quantitative estimate of drug-likeness (QED) is 0.475. The molecule has 0 bridgehead atoms. The summed E-state index contributed by atoms with van der Waals surface area (Å²) in [6.07, 6.45) is 0. The molecule has 1 unspecified atom stereocenters. The molecule has 0 heterocycles. The van der Waals surface area contributed by atoms with Crippen LogP contribution in [0.3, 0.4) is 0 Å². The smallest absolute Gasteiger partial charge is 0.0339 e. The SMILES string of the molecule is CCSCCSC(C)CCl. The van der Waals surface area contributed by atoms with Crippen molar-refractivity contribution in [3.63, 3.8) is 0 Å². The maximum atomic E-state index is 5.64. The zero-order valence-electron chi connectivity index (χ0n) is 6.60. The second-order valence-electron chi connectivity index (χ2n) is 2.03. The monoisotopic (exact) mass is 198 g/mol. The molecule has 0 aromatic carbocycles. The summed E-state index contributed by atoms with van der Waals surface area (Å²) >= 11 is 9.60. The van der Waals surface area contributed by atoms with Crippen molar-refractivity contribution in [1.82, 2.24) is 0 Å². The molecule has 62 valence electrons. The Morgan fingerprint density at radius 3 is 2.60 bits per heavy atom. The Morgan fingerprint density at radius 1 is 1.40 bits per heavy atom. The van der Waals surface area contributed by atoms with Crippen LogP contribution in [0.5, 0.6) is 0 Å². The molecule has 0 rings (SSSR count). The van der Waals surface area contributed by atoms with Gasteiger partial charge in [0.25, 0.3) is 0 Å². The van der Waals surface area contributed by atoms with Crippen molar-refractivity contribution < 1.29 is 0 Å². The highest BCUT2D eigenvalue weighted by Gasteiger charge is 1.98. The fourth-order valence-electron chi connectivity index (χ4n) is 0.497. The minimum Gasteiger partial charge on any atom is -0.161 e. The van der Waals surface area contributed by atoms with Gasteiger partial charge in [0.1, 0.15) is 0 Å². The molecule has 0 aromatic heterocycles. The standard InChI is InChI=1S/C7H15ClS2/c1-3-9-4-5-10-7(2)6-8/h7H,3-6H2,1-2H3. The highest BCUT2D eigenvalue weighted by atomic mass is 35.5. The van der Waals surface area contributed by atoms with Gasteiger partial charge in [-0.2, -0.15) is 23.5 Å². The number of alkyl halides is 1. The molecule has 0 N–H and O–H groups in total. The molecule has 0 saturated heterocycles. The molecular weight excluding hydrogens is 184 g/mol. The van der Waals surface area contributed by atoms with Crippen LogP contribution in [0.4, 0.5) is 0 Å². The van der Waals surface area contributed by atoms with Crippen molar-refractivity contribution in [3.8, 4) is 0 Å². The van der Waals surface area contributed by atoms with Gasteiger partial charge in [-0.05, 0) is 5.75 Å². The van der Waals surface area contributed by atoms with E-state index >= 15 is 0 Å². The van der Waals surface area contributed by atoms with Gasteiger partial charge in [-0.1, -0.05) is 13.8 Å². The molecule has 0 aliphatic heterocycles. The first kappa shape index (κ1) is 11.0. The van der Waals surface area contributed by atoms with E-state index in [9.17, 15) is 0 Å². The molecule has 0 amide bonds. The van der Waals surface area contributed by atoms with Crippen LogP contribution in [0.25, 0.3) is 0 Å². The van der Waals surface area contributed by atoms with Crippen molar-refractivity contribution in [3.05, 3.63) is 0 Å². The van der Waals surface area contributed by atoms with Crippen molar-refractivity contribution in [1.29, 1.82) is 0 Å². The summed E-state index contributed by atoms with van der Waals surface area (Å²) in [5, 5.41) is 0.624. The van der Waals surface area contributed by atoms with Crippen LogP contribution in [0, 0.1) is 0 Å². The summed E-state index contributed by atoms with van der Waals surface area (Å²) < 4.78 is 0. The number of thioether (sulfide) groups is 2. The topological polar surface area (TPSA) is 0 Å².